The summed E-state index contributed by atoms with van der Waals surface area (Å²) in [6.07, 6.45) is -1.04. The van der Waals surface area contributed by atoms with E-state index in [4.69, 9.17) is 10.6 Å². The summed E-state index contributed by atoms with van der Waals surface area (Å²) in [4.78, 5) is 45.9. The van der Waals surface area contributed by atoms with E-state index in [0.29, 0.717) is 22.4 Å². The number of hydrogen-bond donors (Lipinski definition) is 2. The van der Waals surface area contributed by atoms with Crippen LogP contribution in [0.25, 0.3) is 0 Å². The van der Waals surface area contributed by atoms with Gasteiger partial charge in [0.05, 0.1) is 11.8 Å². The molecule has 1 heterocycles. The van der Waals surface area contributed by atoms with Crippen LogP contribution in [0.1, 0.15) is 44.4 Å². The molecule has 3 N–H and O–H groups in total. The Morgan fingerprint density at radius 2 is 1.50 bits per heavy atom. The van der Waals surface area contributed by atoms with E-state index >= 15 is 0 Å². The lowest BCUT2D eigenvalue weighted by Gasteiger charge is -2.35. The number of primary amides is 1. The van der Waals surface area contributed by atoms with Crippen LogP contribution in [0, 0.1) is 0 Å². The van der Waals surface area contributed by atoms with Gasteiger partial charge in [0, 0.05) is 36.2 Å². The second-order valence-electron chi connectivity index (χ2n) is 8.65. The number of rotatable bonds is 9. The van der Waals surface area contributed by atoms with Crippen molar-refractivity contribution in [1.82, 2.24) is 4.90 Å². The number of carbonyl (C=O) groups excluding carboxylic acids is 3. The van der Waals surface area contributed by atoms with Gasteiger partial charge in [-0.1, -0.05) is 90.1 Å². The number of benzene rings is 3. The summed E-state index contributed by atoms with van der Waals surface area (Å²) in [5.41, 5.74) is 6.35. The molecule has 1 aliphatic heterocycles. The minimum atomic E-state index is -1.77. The molecule has 4 rings (SSSR count). The lowest BCUT2D eigenvalue weighted by Crippen LogP contribution is -2.60. The summed E-state index contributed by atoms with van der Waals surface area (Å²) in [6, 6.07) is 23.9. The summed E-state index contributed by atoms with van der Waals surface area (Å²) in [6.45, 7) is 0.100. The van der Waals surface area contributed by atoms with Gasteiger partial charge in [-0.15, -0.1) is 0 Å². The van der Waals surface area contributed by atoms with Crippen LogP contribution in [0.2, 0.25) is 0 Å². The molecule has 0 bridgehead atoms. The molecule has 8 heteroatoms. The third-order valence-corrected chi connectivity index (χ3v) is 6.40. The van der Waals surface area contributed by atoms with Gasteiger partial charge >= 0.3 is 0 Å². The van der Waals surface area contributed by atoms with Crippen molar-refractivity contribution in [3.63, 3.8) is 0 Å². The topological polar surface area (TPSA) is 122 Å². The third kappa shape index (κ3) is 4.82. The van der Waals surface area contributed by atoms with Crippen molar-refractivity contribution in [2.24, 2.45) is 10.9 Å². The average molecular weight is 486 g/mol. The molecule has 36 heavy (non-hydrogen) atoms. The zero-order valence-corrected chi connectivity index (χ0v) is 19.8. The van der Waals surface area contributed by atoms with Crippen molar-refractivity contribution in [2.75, 3.05) is 20.2 Å². The first-order chi connectivity index (χ1) is 17.4. The molecule has 0 aromatic heterocycles. The van der Waals surface area contributed by atoms with Gasteiger partial charge in [-0.3, -0.25) is 19.3 Å². The number of hydrogen-bond acceptors (Lipinski definition) is 7. The van der Waals surface area contributed by atoms with Gasteiger partial charge in [-0.2, -0.15) is 0 Å². The van der Waals surface area contributed by atoms with Crippen LogP contribution in [0.15, 0.2) is 90.1 Å². The first kappa shape index (κ1) is 25.0. The molecule has 1 fully saturated rings. The van der Waals surface area contributed by atoms with Gasteiger partial charge in [0.1, 0.15) is 7.11 Å². The van der Waals surface area contributed by atoms with Crippen molar-refractivity contribution in [1.29, 1.82) is 0 Å². The quantitative estimate of drug-likeness (QED) is 0.273. The highest BCUT2D eigenvalue weighted by atomic mass is 16.6. The Balaban J connectivity index is 1.66. The van der Waals surface area contributed by atoms with Crippen LogP contribution in [0.3, 0.4) is 0 Å². The monoisotopic (exact) mass is 485 g/mol. The van der Waals surface area contributed by atoms with Crippen LogP contribution in [-0.4, -0.2) is 58.9 Å². The van der Waals surface area contributed by atoms with E-state index in [2.05, 4.69) is 5.16 Å². The van der Waals surface area contributed by atoms with Crippen molar-refractivity contribution < 1.29 is 24.3 Å². The SMILES string of the molecule is CO/N=C1/CN(C[C@@H](O)c2ccccc2)[C@](C(N)=O)(C(=O)c2ccc(C(=O)c3ccccc3)cc2)C1. The number of likely N-dealkylation sites (tertiary alicyclic amines) is 1. The van der Waals surface area contributed by atoms with E-state index in [9.17, 15) is 19.5 Å². The highest BCUT2D eigenvalue weighted by Crippen LogP contribution is 2.34. The highest BCUT2D eigenvalue weighted by Gasteiger charge is 2.55. The van der Waals surface area contributed by atoms with Gasteiger partial charge in [0.2, 0.25) is 5.91 Å². The summed E-state index contributed by atoms with van der Waals surface area (Å²) < 4.78 is 0. The molecule has 1 aliphatic rings. The second-order valence-corrected chi connectivity index (χ2v) is 8.65. The summed E-state index contributed by atoms with van der Waals surface area (Å²) >= 11 is 0. The molecular weight excluding hydrogens is 458 g/mol. The lowest BCUT2D eigenvalue weighted by atomic mass is 9.84. The number of ketones is 2. The fourth-order valence-electron chi connectivity index (χ4n) is 4.56. The number of β-amino-alcohol motifs (C(OH)–C–C–N with tert-alkyl or cyclic N) is 1. The smallest absolute Gasteiger partial charge is 0.246 e. The molecule has 3 aromatic rings. The summed E-state index contributed by atoms with van der Waals surface area (Å²) in [7, 11) is 1.38. The van der Waals surface area contributed by atoms with E-state index in [1.807, 2.05) is 12.1 Å². The van der Waals surface area contributed by atoms with Crippen molar-refractivity contribution in [3.8, 4) is 0 Å². The van der Waals surface area contributed by atoms with Crippen LogP contribution in [0.4, 0.5) is 0 Å². The molecule has 2 atom stereocenters. The minimum absolute atomic E-state index is 0.0218. The number of aliphatic hydroxyl groups is 1. The fraction of sp³-hybridized carbons (Fsp3) is 0.214. The zero-order chi connectivity index (χ0) is 25.7. The largest absolute Gasteiger partial charge is 0.399 e. The van der Waals surface area contributed by atoms with E-state index in [0.717, 1.165) is 0 Å². The van der Waals surface area contributed by atoms with Gasteiger partial charge in [0.25, 0.3) is 0 Å². The predicted octanol–water partition coefficient (Wildman–Crippen LogP) is 2.77. The molecule has 1 saturated heterocycles. The van der Waals surface area contributed by atoms with Crippen molar-refractivity contribution >= 4 is 23.2 Å². The van der Waals surface area contributed by atoms with Gasteiger partial charge in [0.15, 0.2) is 17.1 Å². The Hall–Kier alpha value is -4.14. The third-order valence-electron chi connectivity index (χ3n) is 6.40. The molecule has 1 amide bonds. The number of amides is 1. The number of Topliss-reactive ketones (excluding diaryl/α,β-unsaturated/α-hetero) is 1. The van der Waals surface area contributed by atoms with Gasteiger partial charge in [-0.25, -0.2) is 0 Å². The Labute approximate surface area is 209 Å². The second kappa shape index (κ2) is 10.6. The Bertz CT molecular complexity index is 1280. The van der Waals surface area contributed by atoms with Gasteiger partial charge in [-0.05, 0) is 5.56 Å². The van der Waals surface area contributed by atoms with E-state index < -0.39 is 23.3 Å². The van der Waals surface area contributed by atoms with E-state index in [-0.39, 0.29) is 30.9 Å². The number of aliphatic hydroxyl groups excluding tert-OH is 1. The van der Waals surface area contributed by atoms with Crippen molar-refractivity contribution in [2.45, 2.75) is 18.1 Å². The standard InChI is InChI=1S/C28H27N3O5/c1-36-30-23-16-28(27(29)35,31(17-23)18-24(32)19-8-4-2-5-9-19)26(34)22-14-12-21(13-15-22)25(33)20-10-6-3-7-11-20/h2-15,24,32H,16-18H2,1H3,(H2,29,35)/b30-23+/t24-,28+/m1/s1. The fourth-order valence-corrected chi connectivity index (χ4v) is 4.56. The van der Waals surface area contributed by atoms with Crippen molar-refractivity contribution in [3.05, 3.63) is 107 Å². The molecule has 8 nitrogen and oxygen atoms in total. The number of nitrogens with zero attached hydrogens (tertiary/aromatic N) is 2. The zero-order valence-electron chi connectivity index (χ0n) is 19.8. The molecule has 184 valence electrons. The lowest BCUT2D eigenvalue weighted by molar-refractivity contribution is -0.126. The first-order valence-corrected chi connectivity index (χ1v) is 11.5. The maximum absolute atomic E-state index is 13.8. The highest BCUT2D eigenvalue weighted by molar-refractivity contribution is 6.22. The first-order valence-electron chi connectivity index (χ1n) is 11.5. The molecule has 0 aliphatic carbocycles. The van der Waals surface area contributed by atoms with Crippen LogP contribution in [0.5, 0.6) is 0 Å². The summed E-state index contributed by atoms with van der Waals surface area (Å²) in [5, 5.41) is 14.8. The maximum Gasteiger partial charge on any atom is 0.246 e. The Kier molecular flexibility index (Phi) is 7.38. The molecule has 0 saturated carbocycles. The van der Waals surface area contributed by atoms with Crippen LogP contribution in [-0.2, 0) is 9.63 Å². The van der Waals surface area contributed by atoms with E-state index in [1.54, 1.807) is 65.6 Å². The molecule has 3 aromatic carbocycles. The number of oxime groups is 1. The molecule has 0 radical (unpaired) electrons. The van der Waals surface area contributed by atoms with Crippen LogP contribution >= 0.6 is 0 Å². The minimum Gasteiger partial charge on any atom is -0.399 e. The molecule has 0 spiro atoms. The Morgan fingerprint density at radius 1 is 0.944 bits per heavy atom. The normalized spacial score (nSPS) is 19.7. The van der Waals surface area contributed by atoms with E-state index in [1.165, 1.54) is 19.2 Å². The van der Waals surface area contributed by atoms with Gasteiger partial charge < -0.3 is 15.7 Å². The average Bonchev–Trinajstić information content (AvgIpc) is 3.28. The number of nitrogens with two attached hydrogens (primary N) is 1. The molecular formula is C28H27N3O5. The number of carbonyl (C=O) groups is 3. The predicted molar refractivity (Wildman–Crippen MR) is 135 cm³/mol. The maximum atomic E-state index is 13.8. The Morgan fingerprint density at radius 3 is 2.08 bits per heavy atom. The van der Waals surface area contributed by atoms with Crippen LogP contribution < -0.4 is 5.73 Å². The molecule has 0 unspecified atom stereocenters. The summed E-state index contributed by atoms with van der Waals surface area (Å²) in [5.74, 6) is -1.56.